The van der Waals surface area contributed by atoms with Gasteiger partial charge in [-0.1, -0.05) is 6.07 Å². The van der Waals surface area contributed by atoms with Gasteiger partial charge in [-0.2, -0.15) is 8.42 Å². The van der Waals surface area contributed by atoms with E-state index in [1.54, 1.807) is 24.5 Å². The molecule has 0 aliphatic rings. The van der Waals surface area contributed by atoms with Crippen molar-refractivity contribution in [3.05, 3.63) is 72.2 Å². The van der Waals surface area contributed by atoms with E-state index < -0.39 is 33.1 Å². The lowest BCUT2D eigenvalue weighted by Gasteiger charge is -2.10. The molecule has 0 spiro atoms. The fourth-order valence-corrected chi connectivity index (χ4v) is 3.28. The fraction of sp³-hybridized carbons (Fsp3) is 0.111. The summed E-state index contributed by atoms with van der Waals surface area (Å²) in [6, 6.07) is 9.80. The number of hydrogen-bond acceptors (Lipinski definition) is 6. The van der Waals surface area contributed by atoms with E-state index in [4.69, 9.17) is 4.42 Å². The maximum absolute atomic E-state index is 12.4. The van der Waals surface area contributed by atoms with E-state index in [0.717, 1.165) is 35.9 Å². The number of carbonyl (C=O) groups is 1. The summed E-state index contributed by atoms with van der Waals surface area (Å²) in [7, 11) is -4.21. The highest BCUT2D eigenvalue weighted by Gasteiger charge is 2.31. The Labute approximate surface area is 168 Å². The molecule has 158 valence electrons. The molecule has 0 aliphatic carbocycles. The largest absolute Gasteiger partial charge is 0.573 e. The van der Waals surface area contributed by atoms with Gasteiger partial charge in [-0.05, 0) is 48.0 Å². The summed E-state index contributed by atoms with van der Waals surface area (Å²) in [5.41, 5.74) is 0.716. The fourth-order valence-electron chi connectivity index (χ4n) is 2.29. The molecular formula is C18H14F3N3O5S. The van der Waals surface area contributed by atoms with Crippen molar-refractivity contribution in [1.82, 2.24) is 10.3 Å². The highest BCUT2D eigenvalue weighted by Crippen LogP contribution is 2.25. The van der Waals surface area contributed by atoms with Gasteiger partial charge in [0, 0.05) is 24.6 Å². The average Bonchev–Trinajstić information content (AvgIpc) is 3.19. The second-order valence-corrected chi connectivity index (χ2v) is 7.45. The van der Waals surface area contributed by atoms with E-state index >= 15 is 0 Å². The van der Waals surface area contributed by atoms with Crippen LogP contribution in [-0.4, -0.2) is 25.7 Å². The van der Waals surface area contributed by atoms with E-state index in [9.17, 15) is 26.4 Å². The third kappa shape index (κ3) is 5.73. The van der Waals surface area contributed by atoms with Crippen molar-refractivity contribution in [1.29, 1.82) is 0 Å². The highest BCUT2D eigenvalue weighted by molar-refractivity contribution is 7.92. The van der Waals surface area contributed by atoms with Crippen molar-refractivity contribution in [3.8, 4) is 5.75 Å². The number of alkyl halides is 3. The first kappa shape index (κ1) is 21.2. The van der Waals surface area contributed by atoms with Gasteiger partial charge in [0.25, 0.3) is 15.9 Å². The summed E-state index contributed by atoms with van der Waals surface area (Å²) < 4.78 is 72.2. The number of anilines is 1. The molecule has 30 heavy (non-hydrogen) atoms. The number of rotatable bonds is 7. The van der Waals surface area contributed by atoms with Gasteiger partial charge in [0.15, 0.2) is 5.76 Å². The number of hydrogen-bond donors (Lipinski definition) is 2. The number of nitrogens with zero attached hydrogens (tertiary/aromatic N) is 1. The molecule has 0 unspecified atom stereocenters. The molecule has 0 aliphatic heterocycles. The van der Waals surface area contributed by atoms with Crippen LogP contribution in [0, 0.1) is 0 Å². The van der Waals surface area contributed by atoms with Crippen LogP contribution in [0.25, 0.3) is 0 Å². The lowest BCUT2D eigenvalue weighted by Crippen LogP contribution is -2.22. The number of halogens is 3. The van der Waals surface area contributed by atoms with Crippen LogP contribution < -0.4 is 14.8 Å². The van der Waals surface area contributed by atoms with Crippen molar-refractivity contribution in [3.63, 3.8) is 0 Å². The summed E-state index contributed by atoms with van der Waals surface area (Å²) in [6.07, 6.45) is -1.71. The van der Waals surface area contributed by atoms with E-state index in [0.29, 0.717) is 0 Å². The molecule has 0 saturated carbocycles. The van der Waals surface area contributed by atoms with Gasteiger partial charge in [0.2, 0.25) is 5.09 Å². The molecule has 2 aromatic heterocycles. The molecule has 2 heterocycles. The van der Waals surface area contributed by atoms with Gasteiger partial charge < -0.3 is 14.5 Å². The minimum Gasteiger partial charge on any atom is -0.438 e. The Morgan fingerprint density at radius 2 is 1.83 bits per heavy atom. The Morgan fingerprint density at radius 3 is 2.47 bits per heavy atom. The zero-order valence-corrected chi connectivity index (χ0v) is 15.8. The predicted octanol–water partition coefficient (Wildman–Crippen LogP) is 3.30. The normalized spacial score (nSPS) is 11.7. The molecule has 0 radical (unpaired) electrons. The predicted molar refractivity (Wildman–Crippen MR) is 98.0 cm³/mol. The zero-order valence-electron chi connectivity index (χ0n) is 15.0. The molecule has 2 N–H and O–H groups in total. The lowest BCUT2D eigenvalue weighted by atomic mass is 10.3. The Morgan fingerprint density at radius 1 is 1.10 bits per heavy atom. The number of carbonyl (C=O) groups excluding carboxylic acids is 1. The molecule has 12 heteroatoms. The molecular weight excluding hydrogens is 427 g/mol. The number of aromatic nitrogens is 1. The van der Waals surface area contributed by atoms with Crippen molar-refractivity contribution in [2.24, 2.45) is 0 Å². The molecule has 1 amide bonds. The molecule has 1 aromatic carbocycles. The molecule has 0 fully saturated rings. The van der Waals surface area contributed by atoms with Gasteiger partial charge >= 0.3 is 6.36 Å². The summed E-state index contributed by atoms with van der Waals surface area (Å²) in [6.45, 7) is 0.167. The van der Waals surface area contributed by atoms with Crippen LogP contribution in [0.1, 0.15) is 16.1 Å². The van der Waals surface area contributed by atoms with Crippen LogP contribution >= 0.6 is 0 Å². The Bertz CT molecular complexity index is 1110. The minimum atomic E-state index is -4.86. The zero-order chi connectivity index (χ0) is 21.8. The Kier molecular flexibility index (Phi) is 5.96. The second kappa shape index (κ2) is 8.45. The van der Waals surface area contributed by atoms with E-state index in [-0.39, 0.29) is 18.0 Å². The topological polar surface area (TPSA) is 111 Å². The SMILES string of the molecule is O=C(NCc1cccnc1)c1ccc(S(=O)(=O)Nc2ccc(OC(F)(F)F)cc2)o1. The van der Waals surface area contributed by atoms with Crippen LogP contribution in [0.3, 0.4) is 0 Å². The number of benzene rings is 1. The number of pyridine rings is 1. The van der Waals surface area contributed by atoms with Crippen LogP contribution in [0.4, 0.5) is 18.9 Å². The summed E-state index contributed by atoms with van der Waals surface area (Å²) in [5.74, 6) is -1.36. The van der Waals surface area contributed by atoms with E-state index in [1.807, 2.05) is 0 Å². The van der Waals surface area contributed by atoms with Crippen LogP contribution in [0.2, 0.25) is 0 Å². The van der Waals surface area contributed by atoms with Crippen LogP contribution in [0.15, 0.2) is 70.4 Å². The number of furan rings is 1. The number of nitrogens with one attached hydrogen (secondary N) is 2. The van der Waals surface area contributed by atoms with Gasteiger partial charge in [-0.3, -0.25) is 14.5 Å². The van der Waals surface area contributed by atoms with Gasteiger partial charge in [-0.15, -0.1) is 13.2 Å². The van der Waals surface area contributed by atoms with E-state index in [2.05, 4.69) is 19.8 Å². The first-order valence-electron chi connectivity index (χ1n) is 8.28. The maximum atomic E-state index is 12.4. The first-order valence-corrected chi connectivity index (χ1v) is 9.76. The third-order valence-electron chi connectivity index (χ3n) is 3.59. The number of ether oxygens (including phenoxy) is 1. The quantitative estimate of drug-likeness (QED) is 0.582. The van der Waals surface area contributed by atoms with Gasteiger partial charge in [-0.25, -0.2) is 0 Å². The Balaban J connectivity index is 1.64. The summed E-state index contributed by atoms with van der Waals surface area (Å²) in [5, 5.41) is 2.02. The number of amides is 1. The molecule has 0 bridgehead atoms. The van der Waals surface area contributed by atoms with Gasteiger partial charge in [0.05, 0.1) is 0 Å². The minimum absolute atomic E-state index is 0.0245. The highest BCUT2D eigenvalue weighted by atomic mass is 32.2. The summed E-state index contributed by atoms with van der Waals surface area (Å²) >= 11 is 0. The van der Waals surface area contributed by atoms with Crippen molar-refractivity contribution in [2.45, 2.75) is 18.0 Å². The number of sulfonamides is 1. The van der Waals surface area contributed by atoms with Crippen LogP contribution in [0.5, 0.6) is 5.75 Å². The smallest absolute Gasteiger partial charge is 0.438 e. The van der Waals surface area contributed by atoms with Crippen LogP contribution in [-0.2, 0) is 16.6 Å². The lowest BCUT2D eigenvalue weighted by molar-refractivity contribution is -0.274. The third-order valence-corrected chi connectivity index (χ3v) is 4.84. The maximum Gasteiger partial charge on any atom is 0.573 e. The van der Waals surface area contributed by atoms with Crippen molar-refractivity contribution in [2.75, 3.05) is 4.72 Å². The second-order valence-electron chi connectivity index (χ2n) is 5.84. The standard InChI is InChI=1S/C18H14F3N3O5S/c19-18(20,21)29-14-5-3-13(4-6-14)24-30(26,27)16-8-7-15(28-16)17(25)23-11-12-2-1-9-22-10-12/h1-10,24H,11H2,(H,23,25). The van der Waals surface area contributed by atoms with E-state index in [1.165, 1.54) is 6.07 Å². The molecule has 0 atom stereocenters. The van der Waals surface area contributed by atoms with Crippen molar-refractivity contribution < 1.29 is 35.5 Å². The molecule has 8 nitrogen and oxygen atoms in total. The molecule has 3 aromatic rings. The summed E-state index contributed by atoms with van der Waals surface area (Å²) in [4.78, 5) is 16.0. The average molecular weight is 441 g/mol. The monoisotopic (exact) mass is 441 g/mol. The molecule has 3 rings (SSSR count). The molecule has 0 saturated heterocycles. The van der Waals surface area contributed by atoms with Crippen molar-refractivity contribution >= 4 is 21.6 Å². The Hall–Kier alpha value is -3.54. The van der Waals surface area contributed by atoms with Gasteiger partial charge in [0.1, 0.15) is 5.75 Å². The first-order chi connectivity index (χ1) is 14.1.